The quantitative estimate of drug-likeness (QED) is 0.250. The molecule has 2 aromatic carbocycles. The SMILES string of the molecule is Cc1cc(OCCCc2ccccc2)ccc1Nc1nc(N[C@H]2CC[C@H](O)CC2)c2nc[nH]c2n1. The van der Waals surface area contributed by atoms with Crippen molar-refractivity contribution in [1.82, 2.24) is 19.9 Å². The van der Waals surface area contributed by atoms with Crippen LogP contribution in [0.1, 0.15) is 43.2 Å². The van der Waals surface area contributed by atoms with Crippen molar-refractivity contribution in [2.45, 2.75) is 57.6 Å². The summed E-state index contributed by atoms with van der Waals surface area (Å²) in [4.78, 5) is 16.8. The number of aliphatic hydroxyl groups excluding tert-OH is 1. The van der Waals surface area contributed by atoms with Gasteiger partial charge >= 0.3 is 0 Å². The Hall–Kier alpha value is -3.65. The first-order chi connectivity index (χ1) is 17.1. The van der Waals surface area contributed by atoms with E-state index in [9.17, 15) is 5.11 Å². The Labute approximate surface area is 205 Å². The van der Waals surface area contributed by atoms with Crippen LogP contribution in [0.5, 0.6) is 5.75 Å². The van der Waals surface area contributed by atoms with Gasteiger partial charge in [0.2, 0.25) is 5.95 Å². The maximum atomic E-state index is 9.80. The molecular formula is C27H32N6O2. The predicted octanol–water partition coefficient (Wildman–Crippen LogP) is 5.13. The molecule has 1 fully saturated rings. The zero-order valence-electron chi connectivity index (χ0n) is 20.0. The van der Waals surface area contributed by atoms with E-state index < -0.39 is 0 Å². The third-order valence-electron chi connectivity index (χ3n) is 6.48. The van der Waals surface area contributed by atoms with Crippen molar-refractivity contribution in [2.24, 2.45) is 0 Å². The lowest BCUT2D eigenvalue weighted by molar-refractivity contribution is 0.126. The van der Waals surface area contributed by atoms with Crippen molar-refractivity contribution in [3.8, 4) is 5.75 Å². The molecule has 0 atom stereocenters. The second-order valence-electron chi connectivity index (χ2n) is 9.18. The molecule has 1 aliphatic carbocycles. The van der Waals surface area contributed by atoms with Crippen LogP contribution in [0.4, 0.5) is 17.5 Å². The first-order valence-electron chi connectivity index (χ1n) is 12.3. The number of rotatable bonds is 9. The van der Waals surface area contributed by atoms with E-state index in [-0.39, 0.29) is 12.1 Å². The zero-order valence-corrected chi connectivity index (χ0v) is 20.0. The fraction of sp³-hybridized carbons (Fsp3) is 0.370. The van der Waals surface area contributed by atoms with Gasteiger partial charge in [-0.2, -0.15) is 9.97 Å². The topological polar surface area (TPSA) is 108 Å². The number of H-pyrrole nitrogens is 1. The Morgan fingerprint density at radius 1 is 1.06 bits per heavy atom. The van der Waals surface area contributed by atoms with E-state index in [0.717, 1.165) is 61.0 Å². The number of imidazole rings is 1. The van der Waals surface area contributed by atoms with Crippen LogP contribution < -0.4 is 15.4 Å². The van der Waals surface area contributed by atoms with Gasteiger partial charge in [-0.15, -0.1) is 0 Å². The molecule has 0 amide bonds. The van der Waals surface area contributed by atoms with Crippen LogP contribution in [0.25, 0.3) is 11.2 Å². The maximum Gasteiger partial charge on any atom is 0.231 e. The maximum absolute atomic E-state index is 9.80. The fourth-order valence-corrected chi connectivity index (χ4v) is 4.50. The van der Waals surface area contributed by atoms with E-state index in [1.165, 1.54) is 5.56 Å². The van der Waals surface area contributed by atoms with Gasteiger partial charge in [-0.3, -0.25) is 0 Å². The molecule has 4 aromatic rings. The molecule has 0 bridgehead atoms. The molecule has 0 spiro atoms. The lowest BCUT2D eigenvalue weighted by Crippen LogP contribution is -2.28. The summed E-state index contributed by atoms with van der Waals surface area (Å²) in [7, 11) is 0. The number of hydrogen-bond acceptors (Lipinski definition) is 7. The summed E-state index contributed by atoms with van der Waals surface area (Å²) in [5, 5.41) is 16.7. The van der Waals surface area contributed by atoms with Gasteiger partial charge in [-0.05, 0) is 74.8 Å². The van der Waals surface area contributed by atoms with Gasteiger partial charge in [0, 0.05) is 11.7 Å². The molecule has 5 rings (SSSR count). The Balaban J connectivity index is 1.23. The molecule has 1 aliphatic rings. The standard InChI is InChI=1S/C27H32N6O2/c1-18-16-22(35-15-5-8-19-6-3-2-4-7-19)13-14-23(18)31-27-32-25-24(28-17-29-25)26(33-27)30-20-9-11-21(34)12-10-20/h2-4,6-7,13-14,16-17,20-21,34H,5,8-12,15H2,1H3,(H3,28,29,30,31,32,33)/t20-,21-. The van der Waals surface area contributed by atoms with Crippen LogP contribution in [-0.4, -0.2) is 43.8 Å². The summed E-state index contributed by atoms with van der Waals surface area (Å²) in [5.74, 6) is 2.06. The molecule has 0 saturated heterocycles. The highest BCUT2D eigenvalue weighted by atomic mass is 16.5. The third-order valence-corrected chi connectivity index (χ3v) is 6.48. The zero-order chi connectivity index (χ0) is 24.0. The molecule has 0 radical (unpaired) electrons. The van der Waals surface area contributed by atoms with Crippen LogP contribution in [0.3, 0.4) is 0 Å². The predicted molar refractivity (Wildman–Crippen MR) is 138 cm³/mol. The highest BCUT2D eigenvalue weighted by molar-refractivity contribution is 5.84. The van der Waals surface area contributed by atoms with Crippen molar-refractivity contribution in [3.05, 3.63) is 66.0 Å². The summed E-state index contributed by atoms with van der Waals surface area (Å²) in [5.41, 5.74) is 4.70. The van der Waals surface area contributed by atoms with Crippen LogP contribution in [0.15, 0.2) is 54.9 Å². The van der Waals surface area contributed by atoms with E-state index in [1.807, 2.05) is 31.2 Å². The minimum absolute atomic E-state index is 0.195. The van der Waals surface area contributed by atoms with Crippen LogP contribution in [0, 0.1) is 6.92 Å². The van der Waals surface area contributed by atoms with Crippen molar-refractivity contribution in [1.29, 1.82) is 0 Å². The monoisotopic (exact) mass is 472 g/mol. The van der Waals surface area contributed by atoms with Gasteiger partial charge in [-0.1, -0.05) is 30.3 Å². The third kappa shape index (κ3) is 5.89. The molecule has 35 heavy (non-hydrogen) atoms. The van der Waals surface area contributed by atoms with Crippen molar-refractivity contribution in [2.75, 3.05) is 17.2 Å². The number of anilines is 3. The van der Waals surface area contributed by atoms with Gasteiger partial charge in [0.15, 0.2) is 11.5 Å². The molecule has 0 unspecified atom stereocenters. The molecular weight excluding hydrogens is 440 g/mol. The highest BCUT2D eigenvalue weighted by Gasteiger charge is 2.21. The Bertz CT molecular complexity index is 1250. The average molecular weight is 473 g/mol. The molecule has 4 N–H and O–H groups in total. The molecule has 1 saturated carbocycles. The van der Waals surface area contributed by atoms with Crippen molar-refractivity contribution >= 4 is 28.6 Å². The van der Waals surface area contributed by atoms with Gasteiger partial charge < -0.3 is 25.5 Å². The first-order valence-corrected chi connectivity index (χ1v) is 12.3. The van der Waals surface area contributed by atoms with E-state index in [1.54, 1.807) is 6.33 Å². The number of fused-ring (bicyclic) bond motifs is 1. The molecule has 2 aromatic heterocycles. The number of aliphatic hydroxyl groups is 1. The second kappa shape index (κ2) is 10.7. The largest absolute Gasteiger partial charge is 0.494 e. The number of nitrogens with one attached hydrogen (secondary N) is 3. The summed E-state index contributed by atoms with van der Waals surface area (Å²) in [6, 6.07) is 16.7. The number of aromatic amines is 1. The summed E-state index contributed by atoms with van der Waals surface area (Å²) < 4.78 is 5.97. The number of benzene rings is 2. The van der Waals surface area contributed by atoms with E-state index in [4.69, 9.17) is 9.72 Å². The van der Waals surface area contributed by atoms with Crippen LogP contribution >= 0.6 is 0 Å². The number of ether oxygens (including phenoxy) is 1. The average Bonchev–Trinajstić information content (AvgIpc) is 3.35. The lowest BCUT2D eigenvalue weighted by atomic mass is 9.93. The Morgan fingerprint density at radius 2 is 1.89 bits per heavy atom. The molecule has 8 nitrogen and oxygen atoms in total. The summed E-state index contributed by atoms with van der Waals surface area (Å²) >= 11 is 0. The van der Waals surface area contributed by atoms with Gasteiger partial charge in [0.1, 0.15) is 11.3 Å². The van der Waals surface area contributed by atoms with Gasteiger partial charge in [-0.25, -0.2) is 4.98 Å². The highest BCUT2D eigenvalue weighted by Crippen LogP contribution is 2.28. The molecule has 8 heteroatoms. The smallest absolute Gasteiger partial charge is 0.231 e. The van der Waals surface area contributed by atoms with E-state index in [2.05, 4.69) is 49.9 Å². The summed E-state index contributed by atoms with van der Waals surface area (Å²) in [6.45, 7) is 2.72. The number of aromatic nitrogens is 4. The van der Waals surface area contributed by atoms with E-state index >= 15 is 0 Å². The Kier molecular flexibility index (Phi) is 7.09. The second-order valence-corrected chi connectivity index (χ2v) is 9.18. The van der Waals surface area contributed by atoms with Crippen LogP contribution in [0.2, 0.25) is 0 Å². The van der Waals surface area contributed by atoms with Crippen molar-refractivity contribution in [3.63, 3.8) is 0 Å². The molecule has 182 valence electrons. The van der Waals surface area contributed by atoms with Gasteiger partial charge in [0.25, 0.3) is 0 Å². The van der Waals surface area contributed by atoms with Crippen molar-refractivity contribution < 1.29 is 9.84 Å². The number of hydrogen-bond donors (Lipinski definition) is 4. The number of nitrogens with zero attached hydrogens (tertiary/aromatic N) is 3. The van der Waals surface area contributed by atoms with Crippen LogP contribution in [-0.2, 0) is 6.42 Å². The Morgan fingerprint density at radius 3 is 2.69 bits per heavy atom. The first kappa shape index (κ1) is 23.1. The lowest BCUT2D eigenvalue weighted by Gasteiger charge is -2.26. The molecule has 0 aliphatic heterocycles. The minimum Gasteiger partial charge on any atom is -0.494 e. The molecule has 2 heterocycles. The summed E-state index contributed by atoms with van der Waals surface area (Å²) in [6.07, 6.45) is 6.84. The normalized spacial score (nSPS) is 17.9. The number of aryl methyl sites for hydroxylation is 2. The van der Waals surface area contributed by atoms with Gasteiger partial charge in [0.05, 0.1) is 19.0 Å². The van der Waals surface area contributed by atoms with E-state index in [0.29, 0.717) is 24.0 Å². The minimum atomic E-state index is -0.195. The fourth-order valence-electron chi connectivity index (χ4n) is 4.50.